The van der Waals surface area contributed by atoms with E-state index in [4.69, 9.17) is 5.73 Å². The van der Waals surface area contributed by atoms with Crippen LogP contribution in [0, 0.1) is 0 Å². The van der Waals surface area contributed by atoms with Crippen molar-refractivity contribution in [3.63, 3.8) is 0 Å². The van der Waals surface area contributed by atoms with Crippen LogP contribution in [0.1, 0.15) is 77.0 Å². The van der Waals surface area contributed by atoms with E-state index in [0.29, 0.717) is 0 Å². The van der Waals surface area contributed by atoms with Gasteiger partial charge in [-0.25, -0.2) is 0 Å². The van der Waals surface area contributed by atoms with E-state index in [1.165, 1.54) is 48.8 Å². The summed E-state index contributed by atoms with van der Waals surface area (Å²) in [5, 5.41) is 0. The molecule has 0 saturated carbocycles. The maximum atomic E-state index is 6.26. The van der Waals surface area contributed by atoms with Crippen molar-refractivity contribution in [1.82, 2.24) is 0 Å². The molecule has 0 aliphatic heterocycles. The van der Waals surface area contributed by atoms with Crippen LogP contribution in [0.3, 0.4) is 0 Å². The normalized spacial score (nSPS) is 11.8. The average Bonchev–Trinajstić information content (AvgIpc) is 2.30. The van der Waals surface area contributed by atoms with Gasteiger partial charge in [-0.15, -0.1) is 0 Å². The zero-order valence-electron chi connectivity index (χ0n) is 13.5. The summed E-state index contributed by atoms with van der Waals surface area (Å²) in [6.45, 7) is 11.2. The summed E-state index contributed by atoms with van der Waals surface area (Å²) in [5.74, 6) is 0. The van der Waals surface area contributed by atoms with E-state index in [0.717, 1.165) is 12.1 Å². The maximum Gasteiger partial charge on any atom is 0.0354 e. The van der Waals surface area contributed by atoms with Crippen molar-refractivity contribution in [2.45, 2.75) is 78.6 Å². The number of unbranched alkanes of at least 4 members (excludes halogenated alkanes) is 2. The molecule has 0 atom stereocenters. The smallest absolute Gasteiger partial charge is 0.0354 e. The predicted molar refractivity (Wildman–Crippen MR) is 86.8 cm³/mol. The van der Waals surface area contributed by atoms with E-state index < -0.39 is 0 Å². The Balaban J connectivity index is 3.08. The summed E-state index contributed by atoms with van der Waals surface area (Å²) in [4.78, 5) is 0. The van der Waals surface area contributed by atoms with E-state index in [9.17, 15) is 0 Å². The topological polar surface area (TPSA) is 26.0 Å². The van der Waals surface area contributed by atoms with Crippen LogP contribution in [-0.4, -0.2) is 0 Å². The van der Waals surface area contributed by atoms with Crippen LogP contribution in [0.5, 0.6) is 0 Å². The van der Waals surface area contributed by atoms with Crippen LogP contribution >= 0.6 is 0 Å². The first-order valence-electron chi connectivity index (χ1n) is 7.81. The molecule has 1 aromatic carbocycles. The van der Waals surface area contributed by atoms with E-state index in [2.05, 4.69) is 46.8 Å². The van der Waals surface area contributed by atoms with Crippen LogP contribution in [0.2, 0.25) is 0 Å². The number of hydrogen-bond acceptors (Lipinski definition) is 1. The second kappa shape index (κ2) is 6.98. The molecule has 0 unspecified atom stereocenters. The molecule has 1 nitrogen and oxygen atoms in total. The summed E-state index contributed by atoms with van der Waals surface area (Å²) < 4.78 is 0. The molecule has 0 radical (unpaired) electrons. The summed E-state index contributed by atoms with van der Waals surface area (Å²) in [6, 6.07) is 4.60. The quantitative estimate of drug-likeness (QED) is 0.549. The number of nitrogens with two attached hydrogens (primary N) is 1. The highest BCUT2D eigenvalue weighted by atomic mass is 14.6. The van der Waals surface area contributed by atoms with Crippen molar-refractivity contribution in [1.29, 1.82) is 0 Å². The third kappa shape index (κ3) is 4.56. The molecule has 0 saturated heterocycles. The first kappa shape index (κ1) is 16.1. The Bertz CT molecular complexity index is 399. The average molecular weight is 261 g/mol. The lowest BCUT2D eigenvalue weighted by Gasteiger charge is -2.24. The molecule has 0 fully saturated rings. The van der Waals surface area contributed by atoms with Gasteiger partial charge in [0.1, 0.15) is 0 Å². The molecule has 1 aromatic rings. The van der Waals surface area contributed by atoms with E-state index in [-0.39, 0.29) is 5.41 Å². The molecule has 0 spiro atoms. The van der Waals surface area contributed by atoms with Gasteiger partial charge in [-0.1, -0.05) is 59.9 Å². The number of hydrogen-bond donors (Lipinski definition) is 1. The Hall–Kier alpha value is -0.980. The van der Waals surface area contributed by atoms with Crippen molar-refractivity contribution in [2.24, 2.45) is 0 Å². The Morgan fingerprint density at radius 1 is 0.895 bits per heavy atom. The first-order valence-corrected chi connectivity index (χ1v) is 7.81. The molecule has 1 rings (SSSR count). The van der Waals surface area contributed by atoms with Crippen molar-refractivity contribution >= 4 is 5.69 Å². The van der Waals surface area contributed by atoms with Gasteiger partial charge in [0.15, 0.2) is 0 Å². The summed E-state index contributed by atoms with van der Waals surface area (Å²) in [5.41, 5.74) is 11.7. The molecule has 0 aliphatic carbocycles. The third-order valence-electron chi connectivity index (χ3n) is 3.75. The minimum Gasteiger partial charge on any atom is -0.398 e. The molecule has 108 valence electrons. The van der Waals surface area contributed by atoms with Gasteiger partial charge in [-0.3, -0.25) is 0 Å². The van der Waals surface area contributed by atoms with E-state index in [1.807, 2.05) is 0 Å². The van der Waals surface area contributed by atoms with Crippen molar-refractivity contribution in [3.05, 3.63) is 28.8 Å². The summed E-state index contributed by atoms with van der Waals surface area (Å²) >= 11 is 0. The number of rotatable bonds is 6. The fourth-order valence-electron chi connectivity index (χ4n) is 2.66. The van der Waals surface area contributed by atoms with Crippen molar-refractivity contribution in [3.8, 4) is 0 Å². The van der Waals surface area contributed by atoms with Crippen molar-refractivity contribution < 1.29 is 0 Å². The lowest BCUT2D eigenvalue weighted by molar-refractivity contribution is 0.590. The monoisotopic (exact) mass is 261 g/mol. The summed E-state index contributed by atoms with van der Waals surface area (Å²) in [7, 11) is 0. The van der Waals surface area contributed by atoms with Gasteiger partial charge in [0.2, 0.25) is 0 Å². The standard InChI is InChI=1S/C18H31N/c1-6-8-9-11-15-12-16(18(3,4)5)17(19)13-14(15)10-7-2/h12-13H,6-11,19H2,1-5H3. The Morgan fingerprint density at radius 3 is 2.05 bits per heavy atom. The fourth-order valence-corrected chi connectivity index (χ4v) is 2.66. The van der Waals surface area contributed by atoms with Crippen LogP contribution in [-0.2, 0) is 18.3 Å². The highest BCUT2D eigenvalue weighted by molar-refractivity contribution is 5.55. The molecular weight excluding hydrogens is 230 g/mol. The highest BCUT2D eigenvalue weighted by Gasteiger charge is 2.18. The van der Waals surface area contributed by atoms with Gasteiger partial charge in [0, 0.05) is 5.69 Å². The Labute approximate surface area is 119 Å². The van der Waals surface area contributed by atoms with Crippen LogP contribution in [0.4, 0.5) is 5.69 Å². The Kier molecular flexibility index (Phi) is 5.90. The number of nitrogen functional groups attached to an aromatic ring is 1. The van der Waals surface area contributed by atoms with Crippen molar-refractivity contribution in [2.75, 3.05) is 5.73 Å². The van der Waals surface area contributed by atoms with Gasteiger partial charge in [0.25, 0.3) is 0 Å². The lowest BCUT2D eigenvalue weighted by atomic mass is 9.82. The molecule has 0 aliphatic rings. The minimum absolute atomic E-state index is 0.133. The molecule has 0 aromatic heterocycles. The zero-order valence-corrected chi connectivity index (χ0v) is 13.5. The van der Waals surface area contributed by atoms with Gasteiger partial charge in [-0.2, -0.15) is 0 Å². The third-order valence-corrected chi connectivity index (χ3v) is 3.75. The van der Waals surface area contributed by atoms with E-state index in [1.54, 1.807) is 0 Å². The van der Waals surface area contributed by atoms with Crippen LogP contribution in [0.25, 0.3) is 0 Å². The molecule has 0 heterocycles. The summed E-state index contributed by atoms with van der Waals surface area (Å²) in [6.07, 6.45) is 7.43. The fraction of sp³-hybridized carbons (Fsp3) is 0.667. The second-order valence-corrected chi connectivity index (χ2v) is 6.67. The first-order chi connectivity index (χ1) is 8.90. The van der Waals surface area contributed by atoms with Gasteiger partial charge in [0.05, 0.1) is 0 Å². The number of aryl methyl sites for hydroxylation is 2. The molecular formula is C18H31N. The minimum atomic E-state index is 0.133. The van der Waals surface area contributed by atoms with Crippen LogP contribution < -0.4 is 5.73 Å². The lowest BCUT2D eigenvalue weighted by Crippen LogP contribution is -2.15. The molecule has 0 bridgehead atoms. The van der Waals surface area contributed by atoms with Gasteiger partial charge < -0.3 is 5.73 Å². The predicted octanol–water partition coefficient (Wildman–Crippen LogP) is 5.25. The van der Waals surface area contributed by atoms with E-state index >= 15 is 0 Å². The maximum absolute atomic E-state index is 6.26. The molecule has 0 amide bonds. The number of anilines is 1. The SMILES string of the molecule is CCCCCc1cc(C(C)(C)C)c(N)cc1CCC. The molecule has 19 heavy (non-hydrogen) atoms. The second-order valence-electron chi connectivity index (χ2n) is 6.67. The molecule has 1 heteroatoms. The largest absolute Gasteiger partial charge is 0.398 e. The van der Waals surface area contributed by atoms with Gasteiger partial charge >= 0.3 is 0 Å². The highest BCUT2D eigenvalue weighted by Crippen LogP contribution is 2.31. The Morgan fingerprint density at radius 2 is 1.53 bits per heavy atom. The van der Waals surface area contributed by atoms with Crippen LogP contribution in [0.15, 0.2) is 12.1 Å². The number of benzene rings is 1. The van der Waals surface area contributed by atoms with Gasteiger partial charge in [-0.05, 0) is 47.4 Å². The molecule has 2 N–H and O–H groups in total. The zero-order chi connectivity index (χ0) is 14.5.